The van der Waals surface area contributed by atoms with Crippen molar-refractivity contribution in [3.05, 3.63) is 0 Å². The van der Waals surface area contributed by atoms with Gasteiger partial charge in [0.1, 0.15) is 0 Å². The number of aliphatic hydroxyl groups excluding tert-OH is 2. The molecule has 8 nitrogen and oxygen atoms in total. The van der Waals surface area contributed by atoms with E-state index in [1.54, 1.807) is 0 Å². The molecule has 8 aliphatic carbocycles. The van der Waals surface area contributed by atoms with Gasteiger partial charge in [0.05, 0.1) is 38.6 Å². The number of carbonyl (C=O) groups excluding carboxylic acids is 2. The molecule has 8 fully saturated rings. The molecule has 8 saturated carbocycles. The molecule has 8 heteroatoms. The average molecular weight is 881 g/mol. The van der Waals surface area contributed by atoms with Gasteiger partial charge in [-0.05, 0) is 228 Å². The Morgan fingerprint density at radius 2 is 0.905 bits per heavy atom. The van der Waals surface area contributed by atoms with Crippen molar-refractivity contribution in [2.45, 2.75) is 214 Å². The van der Waals surface area contributed by atoms with E-state index in [9.17, 15) is 19.8 Å². The highest BCUT2D eigenvalue weighted by atomic mass is 16.5. The van der Waals surface area contributed by atoms with E-state index in [2.05, 4.69) is 41.5 Å². The molecule has 10 unspecified atom stereocenters. The fourth-order valence-electron chi connectivity index (χ4n) is 18.8. The maximum Gasteiger partial charge on any atom is 0.305 e. The molecule has 0 heterocycles. The van der Waals surface area contributed by atoms with Crippen LogP contribution in [0.1, 0.15) is 189 Å². The summed E-state index contributed by atoms with van der Waals surface area (Å²) >= 11 is 0. The molecule has 63 heavy (non-hydrogen) atoms. The van der Waals surface area contributed by atoms with Gasteiger partial charge in [-0.2, -0.15) is 0 Å². The van der Waals surface area contributed by atoms with Gasteiger partial charge in [0.2, 0.25) is 0 Å². The van der Waals surface area contributed by atoms with Crippen LogP contribution in [0.25, 0.3) is 0 Å². The number of methoxy groups -OCH3 is 2. The van der Waals surface area contributed by atoms with Crippen molar-refractivity contribution in [1.29, 1.82) is 0 Å². The Kier molecular flexibility index (Phi) is 14.9. The van der Waals surface area contributed by atoms with E-state index in [0.717, 1.165) is 83.8 Å². The summed E-state index contributed by atoms with van der Waals surface area (Å²) in [7, 11) is 2.99. The first-order valence-electron chi connectivity index (χ1n) is 26.8. The van der Waals surface area contributed by atoms with Gasteiger partial charge in [-0.25, -0.2) is 0 Å². The van der Waals surface area contributed by atoms with Gasteiger partial charge < -0.3 is 29.2 Å². The zero-order chi connectivity index (χ0) is 44.9. The number of esters is 2. The lowest BCUT2D eigenvalue weighted by molar-refractivity contribution is -0.178. The van der Waals surface area contributed by atoms with E-state index in [-0.39, 0.29) is 35.0 Å². The quantitative estimate of drug-likeness (QED) is 0.116. The second-order valence-corrected chi connectivity index (χ2v) is 24.8. The topological polar surface area (TPSA) is 112 Å². The third kappa shape index (κ3) is 9.00. The third-order valence-electron chi connectivity index (χ3n) is 22.3. The molecular formula is C55H92O8. The van der Waals surface area contributed by atoms with Gasteiger partial charge in [0.15, 0.2) is 0 Å². The first-order valence-corrected chi connectivity index (χ1v) is 26.8. The lowest BCUT2D eigenvalue weighted by atomic mass is 9.43. The number of hydrogen-bond donors (Lipinski definition) is 2. The van der Waals surface area contributed by atoms with Crippen LogP contribution in [0, 0.1) is 92.7 Å². The number of rotatable bonds is 16. The molecule has 0 aromatic heterocycles. The van der Waals surface area contributed by atoms with Crippen molar-refractivity contribution in [1.82, 2.24) is 0 Å². The Labute approximate surface area is 383 Å². The molecule has 8 aliphatic rings. The molecule has 20 atom stereocenters. The smallest absolute Gasteiger partial charge is 0.305 e. The standard InChI is InChI=1S/C55H92O8/c1-34(12-18-48(58)60-7)40-14-16-42-50-44(22-26-54(40,42)5)52(3)24-20-38(30-36(52)32-46(50)56)62-28-10-9-11-29-63-39-21-25-53(4)37(31-39)33-47(57)51-43-17-15-41(35(2)13-19-49(59)61-8)55(43,6)27-23-45(51)53/h34-47,50-51,56-57H,9-33H2,1-8H3/t34-,35-,36?,37?,38-,39+,40-,41-,42?,43?,44?,45?,46?,47?,50?,51?,52+,53+,54-,55-/m1/s1. The first-order chi connectivity index (χ1) is 30.1. The lowest BCUT2D eigenvalue weighted by Crippen LogP contribution is -2.58. The van der Waals surface area contributed by atoms with E-state index >= 15 is 0 Å². The van der Waals surface area contributed by atoms with Crippen LogP contribution in [0.2, 0.25) is 0 Å². The van der Waals surface area contributed by atoms with Crippen molar-refractivity contribution in [3.8, 4) is 0 Å². The van der Waals surface area contributed by atoms with E-state index in [0.29, 0.717) is 107 Å². The summed E-state index contributed by atoms with van der Waals surface area (Å²) in [5, 5.41) is 23.8. The van der Waals surface area contributed by atoms with Crippen LogP contribution in [-0.2, 0) is 28.5 Å². The van der Waals surface area contributed by atoms with Crippen LogP contribution in [0.15, 0.2) is 0 Å². The summed E-state index contributed by atoms with van der Waals surface area (Å²) in [5.41, 5.74) is 1.13. The van der Waals surface area contributed by atoms with E-state index in [1.165, 1.54) is 78.4 Å². The molecule has 0 saturated heterocycles. The molecule has 360 valence electrons. The van der Waals surface area contributed by atoms with Crippen molar-refractivity contribution in [2.75, 3.05) is 27.4 Å². The molecular weight excluding hydrogens is 789 g/mol. The molecule has 0 amide bonds. The zero-order valence-corrected chi connectivity index (χ0v) is 41.3. The van der Waals surface area contributed by atoms with Crippen LogP contribution in [0.3, 0.4) is 0 Å². The number of hydrogen-bond acceptors (Lipinski definition) is 8. The van der Waals surface area contributed by atoms with Gasteiger partial charge in [-0.1, -0.05) is 41.5 Å². The molecule has 0 aromatic rings. The van der Waals surface area contributed by atoms with Crippen LogP contribution < -0.4 is 0 Å². The summed E-state index contributed by atoms with van der Waals surface area (Å²) in [4.78, 5) is 23.9. The van der Waals surface area contributed by atoms with Crippen molar-refractivity contribution >= 4 is 11.9 Å². The number of aliphatic hydroxyl groups is 2. The maximum absolute atomic E-state index is 11.9. The molecule has 0 spiro atoms. The SMILES string of the molecule is COC(=O)CC[C@@H](C)[C@H]1CCC2C3C(O)CC4C[C@H](OCCCCCO[C@H]5CC[C@@]6(C)C(CC(O)C7C6CC[C@@]6(C)C7CC[C@@H]6[C@H](C)CCC(=O)OC)C5)CC[C@]4(C)C3CC[C@@]21C. The fraction of sp³-hybridized carbons (Fsp3) is 0.964. The zero-order valence-electron chi connectivity index (χ0n) is 41.3. The van der Waals surface area contributed by atoms with Gasteiger partial charge in [0, 0.05) is 26.1 Å². The number of fused-ring (bicyclic) bond motifs is 10. The molecule has 2 N–H and O–H groups in total. The largest absolute Gasteiger partial charge is 0.469 e. The third-order valence-corrected chi connectivity index (χ3v) is 22.3. The monoisotopic (exact) mass is 881 g/mol. The maximum atomic E-state index is 11.9. The summed E-state index contributed by atoms with van der Waals surface area (Å²) in [6.07, 6.45) is 25.2. The summed E-state index contributed by atoms with van der Waals surface area (Å²) < 4.78 is 23.2. The number of unbranched alkanes of at least 4 members (excludes halogenated alkanes) is 2. The van der Waals surface area contributed by atoms with E-state index < -0.39 is 0 Å². The Morgan fingerprint density at radius 3 is 1.30 bits per heavy atom. The van der Waals surface area contributed by atoms with Crippen molar-refractivity contribution in [2.24, 2.45) is 92.7 Å². The highest BCUT2D eigenvalue weighted by Crippen LogP contribution is 2.70. The minimum atomic E-state index is -0.205. The van der Waals surface area contributed by atoms with Crippen LogP contribution >= 0.6 is 0 Å². The summed E-state index contributed by atoms with van der Waals surface area (Å²) in [6.45, 7) is 16.6. The summed E-state index contributed by atoms with van der Waals surface area (Å²) in [5.74, 6) is 6.41. The number of carbonyl (C=O) groups is 2. The molecule has 0 aromatic carbocycles. The van der Waals surface area contributed by atoms with Gasteiger partial charge >= 0.3 is 11.9 Å². The lowest BCUT2D eigenvalue weighted by Gasteiger charge is -2.62. The second kappa shape index (κ2) is 19.4. The van der Waals surface area contributed by atoms with Gasteiger partial charge in [-0.3, -0.25) is 9.59 Å². The minimum absolute atomic E-state index is 0.0910. The fourth-order valence-corrected chi connectivity index (χ4v) is 18.8. The molecule has 0 aliphatic heterocycles. The van der Waals surface area contributed by atoms with Crippen LogP contribution in [0.5, 0.6) is 0 Å². The van der Waals surface area contributed by atoms with Crippen LogP contribution in [-0.4, -0.2) is 74.0 Å². The second-order valence-electron chi connectivity index (χ2n) is 24.8. The highest BCUT2D eigenvalue weighted by Gasteiger charge is 2.65. The summed E-state index contributed by atoms with van der Waals surface area (Å²) in [6, 6.07) is 0. The first kappa shape index (κ1) is 48.2. The Morgan fingerprint density at radius 1 is 0.524 bits per heavy atom. The predicted molar refractivity (Wildman–Crippen MR) is 247 cm³/mol. The molecule has 0 radical (unpaired) electrons. The Balaban J connectivity index is 0.741. The normalized spacial score (nSPS) is 47.5. The Bertz CT molecular complexity index is 1460. The Hall–Kier alpha value is -1.22. The minimum Gasteiger partial charge on any atom is -0.469 e. The van der Waals surface area contributed by atoms with Gasteiger partial charge in [0.25, 0.3) is 0 Å². The highest BCUT2D eigenvalue weighted by molar-refractivity contribution is 5.69. The molecule has 0 bridgehead atoms. The van der Waals surface area contributed by atoms with Crippen LogP contribution in [0.4, 0.5) is 0 Å². The van der Waals surface area contributed by atoms with Gasteiger partial charge in [-0.15, -0.1) is 0 Å². The number of ether oxygens (including phenoxy) is 4. The van der Waals surface area contributed by atoms with Crippen molar-refractivity contribution in [3.63, 3.8) is 0 Å². The predicted octanol–water partition coefficient (Wildman–Crippen LogP) is 11.4. The van der Waals surface area contributed by atoms with Crippen molar-refractivity contribution < 1.29 is 38.7 Å². The molecule has 8 rings (SSSR count). The van der Waals surface area contributed by atoms with E-state index in [1.807, 2.05) is 0 Å². The van der Waals surface area contributed by atoms with E-state index in [4.69, 9.17) is 18.9 Å². The average Bonchev–Trinajstić information content (AvgIpc) is 3.81.